The number of imidazole rings is 1. The van der Waals surface area contributed by atoms with Crippen LogP contribution >= 0.6 is 21.6 Å². The van der Waals surface area contributed by atoms with Gasteiger partial charge in [-0.15, -0.1) is 0 Å². The van der Waals surface area contributed by atoms with E-state index in [2.05, 4.69) is 68.5 Å². The number of carbonyl (C=O) groups excluding carboxylic acids is 13. The predicted octanol–water partition coefficient (Wildman–Crippen LogP) is -2.64. The van der Waals surface area contributed by atoms with E-state index >= 15 is 0 Å². The summed E-state index contributed by atoms with van der Waals surface area (Å²) >= 11 is 0. The summed E-state index contributed by atoms with van der Waals surface area (Å²) in [5.74, 6) is -17.2. The molecule has 0 radical (unpaired) electrons. The Labute approximate surface area is 590 Å². The van der Waals surface area contributed by atoms with E-state index in [9.17, 15) is 82.4 Å². The quantitative estimate of drug-likeness (QED) is 0.0481. The van der Waals surface area contributed by atoms with Gasteiger partial charge in [-0.1, -0.05) is 118 Å². The van der Waals surface area contributed by atoms with Crippen molar-refractivity contribution in [1.82, 2.24) is 68.5 Å². The van der Waals surface area contributed by atoms with Gasteiger partial charge in [0.25, 0.3) is 0 Å². The molecule has 1 aromatic heterocycles. The fourth-order valence-electron chi connectivity index (χ4n) is 10.2. The number of hydrogen-bond donors (Lipinski definition) is 18. The van der Waals surface area contributed by atoms with Gasteiger partial charge in [-0.2, -0.15) is 0 Å². The highest BCUT2D eigenvalue weighted by atomic mass is 33.1. The molecule has 21 N–H and O–H groups in total. The summed E-state index contributed by atoms with van der Waals surface area (Å²) in [5, 5.41) is 58.2. The number of benzene rings is 3. The van der Waals surface area contributed by atoms with E-state index < -0.39 is 186 Å². The molecule has 3 aromatic carbocycles. The van der Waals surface area contributed by atoms with Gasteiger partial charge >= 0.3 is 5.97 Å². The van der Waals surface area contributed by atoms with E-state index in [0.717, 1.165) is 21.6 Å². The number of phenols is 2. The summed E-state index contributed by atoms with van der Waals surface area (Å²) in [6, 6.07) is 0.215. The van der Waals surface area contributed by atoms with E-state index in [4.69, 9.17) is 17.2 Å². The molecule has 1 saturated heterocycles. The highest BCUT2D eigenvalue weighted by Crippen LogP contribution is 2.24. The number of aliphatic carboxylic acids is 1. The van der Waals surface area contributed by atoms with Crippen molar-refractivity contribution in [3.63, 3.8) is 0 Å². The van der Waals surface area contributed by atoms with Crippen LogP contribution in [0.1, 0.15) is 90.1 Å². The lowest BCUT2D eigenvalue weighted by Crippen LogP contribution is -2.62. The molecular formula is C66H90N16O17S2. The summed E-state index contributed by atoms with van der Waals surface area (Å²) < 4.78 is 0. The number of H-pyrrole nitrogens is 1. The fraction of sp³-hybridized carbons (Fsp3) is 0.470. The second-order valence-electron chi connectivity index (χ2n) is 25.4. The Morgan fingerprint density at radius 1 is 0.475 bits per heavy atom. The Morgan fingerprint density at radius 2 is 0.871 bits per heavy atom. The molecule has 2 heterocycles. The third-order valence-electron chi connectivity index (χ3n) is 15.7. The predicted molar refractivity (Wildman–Crippen MR) is 370 cm³/mol. The number of rotatable bonds is 17. The van der Waals surface area contributed by atoms with E-state index in [1.807, 2.05) is 0 Å². The number of nitrogens with zero attached hydrogens (tertiary/aromatic N) is 1. The molecule has 548 valence electrons. The molecule has 1 aliphatic heterocycles. The molecule has 33 nitrogen and oxygen atoms in total. The third kappa shape index (κ3) is 27.1. The normalized spacial score (nSPS) is 24.6. The lowest BCUT2D eigenvalue weighted by molar-refractivity contribution is -0.141. The molecule has 13 amide bonds. The highest BCUT2D eigenvalue weighted by molar-refractivity contribution is 8.76. The smallest absolute Gasteiger partial charge is 0.305 e. The summed E-state index contributed by atoms with van der Waals surface area (Å²) in [4.78, 5) is 203. The lowest BCUT2D eigenvalue weighted by atomic mass is 9.98. The van der Waals surface area contributed by atoms with Gasteiger partial charge in [0.1, 0.15) is 78.0 Å². The average molecular weight is 1440 g/mol. The van der Waals surface area contributed by atoms with E-state index in [1.165, 1.54) is 68.0 Å². The first-order valence-corrected chi connectivity index (χ1v) is 34.9. The summed E-state index contributed by atoms with van der Waals surface area (Å²) in [7, 11) is 2.04. The number of aromatic amines is 1. The summed E-state index contributed by atoms with van der Waals surface area (Å²) in [6.45, 7) is 11.2. The minimum absolute atomic E-state index is 0.0709. The van der Waals surface area contributed by atoms with Crippen LogP contribution in [0.15, 0.2) is 91.4 Å². The molecule has 0 spiro atoms. The van der Waals surface area contributed by atoms with E-state index in [0.29, 0.717) is 11.1 Å². The van der Waals surface area contributed by atoms with Gasteiger partial charge in [0.15, 0.2) is 0 Å². The third-order valence-corrected chi connectivity index (χ3v) is 18.2. The summed E-state index contributed by atoms with van der Waals surface area (Å²) in [6.07, 6.45) is -0.949. The van der Waals surface area contributed by atoms with Crippen molar-refractivity contribution in [3.05, 3.63) is 114 Å². The van der Waals surface area contributed by atoms with Crippen LogP contribution in [0.5, 0.6) is 11.5 Å². The Balaban J connectivity index is 1.58. The molecule has 0 unspecified atom stereocenters. The monoisotopic (exact) mass is 1440 g/mol. The molecule has 12 atom stereocenters. The van der Waals surface area contributed by atoms with Crippen molar-refractivity contribution in [3.8, 4) is 11.5 Å². The number of nitrogens with two attached hydrogens (primary N) is 3. The van der Waals surface area contributed by atoms with Gasteiger partial charge in [0.05, 0.1) is 25.2 Å². The number of carboxylic acid groups (broad SMARTS) is 1. The second-order valence-corrected chi connectivity index (χ2v) is 27.9. The maximum absolute atomic E-state index is 14.7. The number of nitrogens with one attached hydrogen (secondary N) is 12. The van der Waals surface area contributed by atoms with Gasteiger partial charge in [-0.3, -0.25) is 67.1 Å². The van der Waals surface area contributed by atoms with Crippen molar-refractivity contribution in [2.45, 2.75) is 166 Å². The maximum atomic E-state index is 14.7. The molecule has 5 rings (SSSR count). The molecule has 4 aromatic rings. The largest absolute Gasteiger partial charge is 0.508 e. The first-order chi connectivity index (χ1) is 47.7. The second kappa shape index (κ2) is 39.5. The summed E-state index contributed by atoms with van der Waals surface area (Å²) in [5.41, 5.74) is 19.1. The van der Waals surface area contributed by atoms with Gasteiger partial charge < -0.3 is 96.0 Å². The van der Waals surface area contributed by atoms with Gasteiger partial charge in [0.2, 0.25) is 76.8 Å². The van der Waals surface area contributed by atoms with Gasteiger partial charge in [0, 0.05) is 49.1 Å². The van der Waals surface area contributed by atoms with Crippen LogP contribution in [0.25, 0.3) is 0 Å². The van der Waals surface area contributed by atoms with Crippen molar-refractivity contribution in [2.75, 3.05) is 11.5 Å². The van der Waals surface area contributed by atoms with Crippen LogP contribution in [-0.4, -0.2) is 192 Å². The number of carbonyl (C=O) groups is 14. The van der Waals surface area contributed by atoms with Crippen LogP contribution in [0.3, 0.4) is 0 Å². The molecule has 0 saturated carbocycles. The average Bonchev–Trinajstić information content (AvgIpc) is 1.32. The van der Waals surface area contributed by atoms with Crippen LogP contribution in [0.4, 0.5) is 0 Å². The lowest BCUT2D eigenvalue weighted by Gasteiger charge is -2.29. The van der Waals surface area contributed by atoms with Crippen LogP contribution in [0.2, 0.25) is 0 Å². The first-order valence-electron chi connectivity index (χ1n) is 32.4. The zero-order chi connectivity index (χ0) is 74.8. The molecule has 35 heteroatoms. The SMILES string of the molecule is CC(C)C[C@@H]1NC(=O)[C@H](Cc2ccc(O)cc2)NC(=O)[C@H](CC(=O)O)NC(=O)[C@H](Cc2ccc(O)cc2)NC(=O)[C@H](CC(N)=O)NC(=O)[C@H](Cc2cnc[nH]2)NC(=O)[C@H](C)NC(=O)[C@H](Cc2ccccc2)NC(=O)[C@H](C(C)C)NC(=O)[C@@H](N)CSSC[C@@H](C(N)=O)NC(=O)[C@H](C(C)C)NC1=O. The van der Waals surface area contributed by atoms with E-state index in [1.54, 1.807) is 71.9 Å². The molecule has 1 fully saturated rings. The molecule has 1 aliphatic rings. The molecule has 0 bridgehead atoms. The minimum atomic E-state index is -2.06. The Hall–Kier alpha value is -10.3. The number of carboxylic acids is 1. The number of hydrogen-bond acceptors (Lipinski definition) is 20. The Bertz CT molecular complexity index is 3550. The van der Waals surface area contributed by atoms with Crippen molar-refractivity contribution in [2.24, 2.45) is 35.0 Å². The molecule has 101 heavy (non-hydrogen) atoms. The topological polar surface area (TPSA) is 539 Å². The number of phenolic OH excluding ortho intramolecular Hbond substituents is 2. The zero-order valence-electron chi connectivity index (χ0n) is 56.7. The van der Waals surface area contributed by atoms with Gasteiger partial charge in [-0.25, -0.2) is 4.98 Å². The first kappa shape index (κ1) is 81.4. The molecular weight excluding hydrogens is 1350 g/mol. The Kier molecular flexibility index (Phi) is 31.8. The van der Waals surface area contributed by atoms with E-state index in [-0.39, 0.29) is 65.9 Å². The van der Waals surface area contributed by atoms with Gasteiger partial charge in [-0.05, 0) is 72.1 Å². The Morgan fingerprint density at radius 3 is 1.33 bits per heavy atom. The zero-order valence-corrected chi connectivity index (χ0v) is 58.4. The minimum Gasteiger partial charge on any atom is -0.508 e. The van der Waals surface area contributed by atoms with Crippen molar-refractivity contribution >= 4 is 104 Å². The van der Waals surface area contributed by atoms with Crippen molar-refractivity contribution < 1.29 is 82.4 Å². The fourth-order valence-corrected chi connectivity index (χ4v) is 12.5. The maximum Gasteiger partial charge on any atom is 0.305 e. The van der Waals surface area contributed by atoms with Crippen molar-refractivity contribution in [1.29, 1.82) is 0 Å². The van der Waals surface area contributed by atoms with Crippen LogP contribution in [0, 0.1) is 17.8 Å². The number of amides is 13. The number of aromatic nitrogens is 2. The standard InChI is InChI=1S/C66H90N16O17S2/c1-32(2)21-43-64(97)82-54(34(5)6)66(99)80-50(55(69)88)30-101-100-29-42(67)57(90)81-53(33(3)4)65(98)79-44(22-36-11-9-8-10-12-36)58(91)72-35(7)56(89)73-47(25-39-28-70-31-71-39)61(94)77-48(26-51(68)85)62(95)75-46(24-38-15-19-41(84)20-16-38)60(93)78-49(27-52(86)87)63(96)76-45(59(92)74-43)23-37-13-17-40(83)18-14-37/h8-20,28,31-35,42-50,53-54,83-84H,21-27,29-30,67H2,1-7H3,(H2,68,85)(H2,69,88)(H,70,71)(H,72,91)(H,73,89)(H,74,92)(H,75,95)(H,76,96)(H,77,94)(H,78,93)(H,79,98)(H,80,99)(H,81,90)(H,82,97)(H,86,87)/t35-,42-,43-,44-,45-,46-,47-,48-,49-,50-,53-,54-/m0/s1. The van der Waals surface area contributed by atoms with Crippen LogP contribution in [-0.2, 0) is 92.8 Å². The number of primary amides is 2. The molecule has 0 aliphatic carbocycles. The number of aromatic hydroxyl groups is 2. The highest BCUT2D eigenvalue weighted by Gasteiger charge is 2.39. The van der Waals surface area contributed by atoms with Crippen LogP contribution < -0.4 is 75.7 Å².